The summed E-state index contributed by atoms with van der Waals surface area (Å²) in [6.07, 6.45) is 0.363. The predicted molar refractivity (Wildman–Crippen MR) is 89.4 cm³/mol. The molecule has 0 fully saturated rings. The van der Waals surface area contributed by atoms with Crippen molar-refractivity contribution >= 4 is 23.3 Å². The number of esters is 1. The minimum Gasteiger partial charge on any atom is -0.479 e. The van der Waals surface area contributed by atoms with Crippen molar-refractivity contribution in [1.29, 1.82) is 0 Å². The zero-order valence-corrected chi connectivity index (χ0v) is 14.5. The van der Waals surface area contributed by atoms with E-state index in [1.54, 1.807) is 39.0 Å². The molecule has 1 aromatic carbocycles. The molecule has 1 aliphatic heterocycles. The highest BCUT2D eigenvalue weighted by atomic mass is 16.5. The molecular weight excluding hydrogens is 310 g/mol. The van der Waals surface area contributed by atoms with Gasteiger partial charge in [-0.2, -0.15) is 0 Å². The molecule has 0 bridgehead atoms. The van der Waals surface area contributed by atoms with E-state index in [9.17, 15) is 14.4 Å². The Balaban J connectivity index is 2.42. The first-order chi connectivity index (χ1) is 11.4. The number of anilines is 1. The Morgan fingerprint density at radius 3 is 2.67 bits per heavy atom. The fourth-order valence-electron chi connectivity index (χ4n) is 2.57. The van der Waals surface area contributed by atoms with Gasteiger partial charge in [-0.05, 0) is 38.5 Å². The van der Waals surface area contributed by atoms with Crippen LogP contribution in [0.4, 0.5) is 5.69 Å². The van der Waals surface area contributed by atoms with E-state index < -0.39 is 18.1 Å². The molecule has 6 nitrogen and oxygen atoms in total. The van der Waals surface area contributed by atoms with Gasteiger partial charge in [0.25, 0.3) is 5.91 Å². The van der Waals surface area contributed by atoms with Gasteiger partial charge < -0.3 is 9.47 Å². The van der Waals surface area contributed by atoms with Crippen LogP contribution in [0.5, 0.6) is 5.75 Å². The highest BCUT2D eigenvalue weighted by molar-refractivity contribution is 6.06. The van der Waals surface area contributed by atoms with Crippen molar-refractivity contribution in [3.63, 3.8) is 0 Å². The zero-order valence-electron chi connectivity index (χ0n) is 14.5. The molecule has 0 aromatic heterocycles. The minimum absolute atomic E-state index is 0.0370. The first-order valence-corrected chi connectivity index (χ1v) is 8.24. The Bertz CT molecular complexity index is 655. The average molecular weight is 333 g/mol. The fourth-order valence-corrected chi connectivity index (χ4v) is 2.57. The summed E-state index contributed by atoms with van der Waals surface area (Å²) in [5.41, 5.74) is 0.916. The second kappa shape index (κ2) is 7.47. The Labute approximate surface area is 141 Å². The maximum absolute atomic E-state index is 12.6. The molecule has 130 valence electrons. The molecule has 0 radical (unpaired) electrons. The summed E-state index contributed by atoms with van der Waals surface area (Å²) in [6, 6.07) is 4.15. The van der Waals surface area contributed by atoms with E-state index in [2.05, 4.69) is 0 Å². The van der Waals surface area contributed by atoms with Crippen LogP contribution in [0.15, 0.2) is 18.2 Å². The van der Waals surface area contributed by atoms with Gasteiger partial charge in [0.15, 0.2) is 11.9 Å². The largest absolute Gasteiger partial charge is 0.479 e. The van der Waals surface area contributed by atoms with E-state index in [1.165, 1.54) is 4.90 Å². The van der Waals surface area contributed by atoms with Crippen molar-refractivity contribution in [3.05, 3.63) is 23.8 Å². The van der Waals surface area contributed by atoms with Gasteiger partial charge in [0.1, 0.15) is 11.8 Å². The molecule has 0 spiro atoms. The van der Waals surface area contributed by atoms with Crippen LogP contribution in [-0.4, -0.2) is 36.4 Å². The fraction of sp³-hybridized carbons (Fsp3) is 0.500. The van der Waals surface area contributed by atoms with Crippen molar-refractivity contribution in [1.82, 2.24) is 0 Å². The van der Waals surface area contributed by atoms with Gasteiger partial charge in [-0.15, -0.1) is 0 Å². The third-order valence-corrected chi connectivity index (χ3v) is 3.93. The molecule has 6 heteroatoms. The normalized spacial score (nSPS) is 17.8. The minimum atomic E-state index is -0.791. The smallest absolute Gasteiger partial charge is 0.328 e. The molecule has 0 saturated carbocycles. The average Bonchev–Trinajstić information content (AvgIpc) is 2.59. The number of Topliss-reactive ketones (excluding diaryl/α,β-unsaturated/α-hetero) is 1. The van der Waals surface area contributed by atoms with Crippen LogP contribution in [0.3, 0.4) is 0 Å². The van der Waals surface area contributed by atoms with Gasteiger partial charge in [-0.1, -0.05) is 13.8 Å². The molecule has 1 heterocycles. The van der Waals surface area contributed by atoms with Gasteiger partial charge >= 0.3 is 5.97 Å². The number of amides is 1. The molecule has 2 atom stereocenters. The second-order valence-corrected chi connectivity index (χ2v) is 5.77. The summed E-state index contributed by atoms with van der Waals surface area (Å²) in [6.45, 7) is 7.23. The number of carbonyl (C=O) groups excluding carboxylic acids is 3. The summed E-state index contributed by atoms with van der Waals surface area (Å²) in [5.74, 6) is -0.364. The molecule has 0 aliphatic carbocycles. The van der Waals surface area contributed by atoms with Gasteiger partial charge in [0, 0.05) is 12.0 Å². The van der Waals surface area contributed by atoms with Crippen molar-refractivity contribution in [2.75, 3.05) is 11.5 Å². The third kappa shape index (κ3) is 3.42. The Hall–Kier alpha value is -2.37. The van der Waals surface area contributed by atoms with Crippen molar-refractivity contribution < 1.29 is 23.9 Å². The first-order valence-electron chi connectivity index (χ1n) is 8.24. The maximum Gasteiger partial charge on any atom is 0.328 e. The quantitative estimate of drug-likeness (QED) is 0.591. The lowest BCUT2D eigenvalue weighted by molar-refractivity contribution is -0.146. The summed E-state index contributed by atoms with van der Waals surface area (Å²) in [4.78, 5) is 38.1. The summed E-state index contributed by atoms with van der Waals surface area (Å²) in [7, 11) is 0. The highest BCUT2D eigenvalue weighted by Crippen LogP contribution is 2.36. The standard InChI is InChI=1S/C18H23NO5/c1-5-9-23-18(22)11(3)19-14-10-13(15(20)6-2)7-8-16(14)24-12(4)17(19)21/h7-8,10-12H,5-6,9H2,1-4H3. The van der Waals surface area contributed by atoms with Gasteiger partial charge in [0.05, 0.1) is 12.3 Å². The van der Waals surface area contributed by atoms with Crippen molar-refractivity contribution in [2.45, 2.75) is 52.7 Å². The van der Waals surface area contributed by atoms with Crippen LogP contribution >= 0.6 is 0 Å². The van der Waals surface area contributed by atoms with Crippen LogP contribution in [0.25, 0.3) is 0 Å². The predicted octanol–water partition coefficient (Wildman–Crippen LogP) is 2.73. The van der Waals surface area contributed by atoms with Gasteiger partial charge in [-0.25, -0.2) is 4.79 Å². The van der Waals surface area contributed by atoms with E-state index in [0.717, 1.165) is 0 Å². The summed E-state index contributed by atoms with van der Waals surface area (Å²) in [5, 5.41) is 0. The number of hydrogen-bond acceptors (Lipinski definition) is 5. The molecule has 2 rings (SSSR count). The number of rotatable bonds is 6. The van der Waals surface area contributed by atoms with Gasteiger partial charge in [0.2, 0.25) is 0 Å². The lowest BCUT2D eigenvalue weighted by atomic mass is 10.0. The molecule has 1 aliphatic rings. The van der Waals surface area contributed by atoms with Crippen molar-refractivity contribution in [3.8, 4) is 5.75 Å². The zero-order chi connectivity index (χ0) is 17.9. The SMILES string of the molecule is CCCOC(=O)C(C)N1C(=O)C(C)Oc2ccc(C(=O)CC)cc21. The highest BCUT2D eigenvalue weighted by Gasteiger charge is 2.38. The second-order valence-electron chi connectivity index (χ2n) is 5.77. The van der Waals surface area contributed by atoms with Crippen molar-refractivity contribution in [2.24, 2.45) is 0 Å². The van der Waals surface area contributed by atoms with E-state index in [-0.39, 0.29) is 11.7 Å². The number of ether oxygens (including phenoxy) is 2. The van der Waals surface area contributed by atoms with E-state index in [0.29, 0.717) is 36.4 Å². The maximum atomic E-state index is 12.6. The van der Waals surface area contributed by atoms with Crippen LogP contribution in [-0.2, 0) is 14.3 Å². The molecule has 24 heavy (non-hydrogen) atoms. The molecule has 1 aromatic rings. The number of carbonyl (C=O) groups is 3. The summed E-state index contributed by atoms with van der Waals surface area (Å²) < 4.78 is 10.8. The number of nitrogens with zero attached hydrogens (tertiary/aromatic N) is 1. The number of fused-ring (bicyclic) bond motifs is 1. The van der Waals surface area contributed by atoms with Crippen LogP contribution < -0.4 is 9.64 Å². The topological polar surface area (TPSA) is 72.9 Å². The first kappa shape index (κ1) is 18.0. The third-order valence-electron chi connectivity index (χ3n) is 3.93. The number of benzene rings is 1. The molecule has 1 amide bonds. The molecule has 0 saturated heterocycles. The summed E-state index contributed by atoms with van der Waals surface area (Å²) >= 11 is 0. The Morgan fingerprint density at radius 1 is 1.33 bits per heavy atom. The van der Waals surface area contributed by atoms with E-state index in [4.69, 9.17) is 9.47 Å². The molecular formula is C18H23NO5. The Kier molecular flexibility index (Phi) is 5.59. The monoisotopic (exact) mass is 333 g/mol. The van der Waals surface area contributed by atoms with E-state index in [1.807, 2.05) is 6.92 Å². The molecule has 0 N–H and O–H groups in total. The van der Waals surface area contributed by atoms with Gasteiger partial charge in [-0.3, -0.25) is 14.5 Å². The lowest BCUT2D eigenvalue weighted by Gasteiger charge is -2.36. The van der Waals surface area contributed by atoms with Crippen LogP contribution in [0.1, 0.15) is 50.9 Å². The number of hydrogen-bond donors (Lipinski definition) is 0. The number of ketones is 1. The van der Waals surface area contributed by atoms with Crippen LogP contribution in [0, 0.1) is 0 Å². The van der Waals surface area contributed by atoms with Crippen LogP contribution in [0.2, 0.25) is 0 Å². The molecule has 2 unspecified atom stereocenters. The lowest BCUT2D eigenvalue weighted by Crippen LogP contribution is -2.52. The van der Waals surface area contributed by atoms with E-state index >= 15 is 0 Å². The Morgan fingerprint density at radius 2 is 2.04 bits per heavy atom.